The first-order valence-electron chi connectivity index (χ1n) is 9.84. The Balaban J connectivity index is 2.52. The van der Waals surface area contributed by atoms with E-state index in [1.807, 2.05) is 6.92 Å². The van der Waals surface area contributed by atoms with Crippen LogP contribution in [0.3, 0.4) is 0 Å². The lowest BCUT2D eigenvalue weighted by molar-refractivity contribution is -0.148. The van der Waals surface area contributed by atoms with Crippen molar-refractivity contribution in [2.75, 3.05) is 6.54 Å². The van der Waals surface area contributed by atoms with Crippen molar-refractivity contribution in [2.24, 2.45) is 5.92 Å². The maximum Gasteiger partial charge on any atom is 0.326 e. The second-order valence-corrected chi connectivity index (χ2v) is 7.38. The van der Waals surface area contributed by atoms with Crippen molar-refractivity contribution in [1.82, 2.24) is 4.90 Å². The average Bonchev–Trinajstić information content (AvgIpc) is 2.84. The number of carboxylic acid groups (broad SMARTS) is 1. The number of likely N-dealkylation sites (tertiary alicyclic amines) is 1. The minimum Gasteiger partial charge on any atom is -0.481 e. The van der Waals surface area contributed by atoms with E-state index in [0.29, 0.717) is 32.1 Å². The van der Waals surface area contributed by atoms with Crippen LogP contribution in [0.4, 0.5) is 8.78 Å². The highest BCUT2D eigenvalue weighted by molar-refractivity contribution is 5.86. The van der Waals surface area contributed by atoms with Crippen LogP contribution in [0.2, 0.25) is 0 Å². The summed E-state index contributed by atoms with van der Waals surface area (Å²) in [7, 11) is 0. The molecule has 1 saturated heterocycles. The van der Waals surface area contributed by atoms with Crippen molar-refractivity contribution in [3.63, 3.8) is 0 Å². The van der Waals surface area contributed by atoms with E-state index < -0.39 is 36.4 Å². The largest absolute Gasteiger partial charge is 0.481 e. The third-order valence-corrected chi connectivity index (χ3v) is 4.97. The van der Waals surface area contributed by atoms with Crippen LogP contribution >= 0.6 is 0 Å². The molecular weight excluding hydrogens is 368 g/mol. The number of carbonyl (C=O) groups is 2. The third-order valence-electron chi connectivity index (χ3n) is 4.97. The zero-order valence-electron chi connectivity index (χ0n) is 16.7. The molecule has 1 aliphatic heterocycles. The van der Waals surface area contributed by atoms with Crippen molar-refractivity contribution in [3.05, 3.63) is 12.2 Å². The van der Waals surface area contributed by atoms with Gasteiger partial charge in [-0.2, -0.15) is 8.78 Å². The molecule has 0 spiro atoms. The minimum absolute atomic E-state index is 0.0581. The van der Waals surface area contributed by atoms with Gasteiger partial charge in [0.25, 0.3) is 5.91 Å². The molecule has 1 amide bonds. The Morgan fingerprint density at radius 3 is 2.68 bits per heavy atom. The summed E-state index contributed by atoms with van der Waals surface area (Å²) in [6.45, 7) is 3.83. The number of halogens is 2. The summed E-state index contributed by atoms with van der Waals surface area (Å²) in [5, 5.41) is 18.7. The number of rotatable bonds is 12. The van der Waals surface area contributed by atoms with Crippen molar-refractivity contribution in [2.45, 2.75) is 83.3 Å². The fraction of sp³-hybridized carbons (Fsp3) is 0.714. The lowest BCUT2D eigenvalue weighted by Gasteiger charge is -2.23. The SMILES string of the molecule is CC#CC[C@H](C)[C@H](O)/C=C/CC1CC(F)(F)C(=O)N1CCCCCCC(=O)O. The molecule has 0 aromatic heterocycles. The molecule has 28 heavy (non-hydrogen) atoms. The van der Waals surface area contributed by atoms with Crippen LogP contribution in [-0.4, -0.2) is 51.6 Å². The Labute approximate surface area is 165 Å². The minimum atomic E-state index is -3.34. The molecule has 2 N–H and O–H groups in total. The Morgan fingerprint density at radius 1 is 1.36 bits per heavy atom. The molecule has 3 atom stereocenters. The summed E-state index contributed by atoms with van der Waals surface area (Å²) in [6.07, 6.45) is 5.45. The van der Waals surface area contributed by atoms with Gasteiger partial charge in [0.15, 0.2) is 0 Å². The number of aliphatic hydroxyl groups excluding tert-OH is 1. The predicted molar refractivity (Wildman–Crippen MR) is 103 cm³/mol. The van der Waals surface area contributed by atoms with Crippen LogP contribution < -0.4 is 0 Å². The van der Waals surface area contributed by atoms with Gasteiger partial charge in [-0.1, -0.05) is 31.9 Å². The van der Waals surface area contributed by atoms with Crippen LogP contribution in [0, 0.1) is 17.8 Å². The first-order valence-corrected chi connectivity index (χ1v) is 9.84. The van der Waals surface area contributed by atoms with Crippen molar-refractivity contribution >= 4 is 11.9 Å². The van der Waals surface area contributed by atoms with Crippen molar-refractivity contribution < 1.29 is 28.6 Å². The molecule has 1 fully saturated rings. The van der Waals surface area contributed by atoms with Crippen molar-refractivity contribution in [1.29, 1.82) is 0 Å². The summed E-state index contributed by atoms with van der Waals surface area (Å²) in [5.74, 6) is 0.285. The van der Waals surface area contributed by atoms with Crippen LogP contribution in [0.1, 0.15) is 65.2 Å². The molecule has 0 bridgehead atoms. The Hall–Kier alpha value is -1.94. The number of unbranched alkanes of at least 4 members (excludes halogenated alkanes) is 3. The van der Waals surface area contributed by atoms with Crippen LogP contribution in [0.15, 0.2) is 12.2 Å². The van der Waals surface area contributed by atoms with E-state index in [9.17, 15) is 23.5 Å². The summed E-state index contributed by atoms with van der Waals surface area (Å²) in [6, 6.07) is -0.587. The molecule has 0 aromatic carbocycles. The Morgan fingerprint density at radius 2 is 2.04 bits per heavy atom. The summed E-state index contributed by atoms with van der Waals surface area (Å²) in [5.41, 5.74) is 0. The zero-order chi connectivity index (χ0) is 21.2. The van der Waals surface area contributed by atoms with E-state index in [4.69, 9.17) is 5.11 Å². The summed E-state index contributed by atoms with van der Waals surface area (Å²) < 4.78 is 27.7. The Kier molecular flexibility index (Phi) is 10.2. The number of hydrogen-bond acceptors (Lipinski definition) is 3. The molecule has 1 rings (SSSR count). The number of aliphatic hydroxyl groups is 1. The second kappa shape index (κ2) is 11.8. The second-order valence-electron chi connectivity index (χ2n) is 7.38. The van der Waals surface area contributed by atoms with E-state index in [-0.39, 0.29) is 25.3 Å². The molecule has 7 heteroatoms. The van der Waals surface area contributed by atoms with Crippen molar-refractivity contribution in [3.8, 4) is 11.8 Å². The number of amides is 1. The fourth-order valence-corrected chi connectivity index (χ4v) is 3.22. The predicted octanol–water partition coefficient (Wildman–Crippen LogP) is 3.61. The van der Waals surface area contributed by atoms with Gasteiger partial charge in [0.1, 0.15) is 0 Å². The van der Waals surface area contributed by atoms with Crippen LogP contribution in [0.5, 0.6) is 0 Å². The Bertz CT molecular complexity index is 609. The van der Waals surface area contributed by atoms with E-state index in [2.05, 4.69) is 11.8 Å². The molecule has 1 unspecified atom stereocenters. The number of aliphatic carboxylic acids is 1. The van der Waals surface area contributed by atoms with Gasteiger partial charge in [-0.05, 0) is 32.1 Å². The number of carboxylic acids is 1. The van der Waals surface area contributed by atoms with E-state index in [1.54, 1.807) is 19.1 Å². The van der Waals surface area contributed by atoms with Gasteiger partial charge in [0.05, 0.1) is 6.10 Å². The zero-order valence-corrected chi connectivity index (χ0v) is 16.7. The molecule has 1 heterocycles. The molecule has 5 nitrogen and oxygen atoms in total. The highest BCUT2D eigenvalue weighted by atomic mass is 19.3. The lowest BCUT2D eigenvalue weighted by atomic mass is 10.00. The third kappa shape index (κ3) is 7.97. The summed E-state index contributed by atoms with van der Waals surface area (Å²) in [4.78, 5) is 23.7. The van der Waals surface area contributed by atoms with Crippen LogP contribution in [-0.2, 0) is 9.59 Å². The highest BCUT2D eigenvalue weighted by Crippen LogP contribution is 2.35. The fourth-order valence-electron chi connectivity index (χ4n) is 3.22. The van der Waals surface area contributed by atoms with Gasteiger partial charge in [-0.25, -0.2) is 0 Å². The monoisotopic (exact) mass is 399 g/mol. The normalized spacial score (nSPS) is 20.8. The number of alkyl halides is 2. The smallest absolute Gasteiger partial charge is 0.326 e. The van der Waals surface area contributed by atoms with Gasteiger partial charge in [0, 0.05) is 31.8 Å². The highest BCUT2D eigenvalue weighted by Gasteiger charge is 2.52. The molecule has 158 valence electrons. The first-order chi connectivity index (χ1) is 13.2. The molecular formula is C21H31F2NO4. The van der Waals surface area contributed by atoms with Gasteiger partial charge in [-0.3, -0.25) is 9.59 Å². The maximum absolute atomic E-state index is 13.9. The number of hydrogen-bond donors (Lipinski definition) is 2. The van der Waals surface area contributed by atoms with Gasteiger partial charge < -0.3 is 15.1 Å². The lowest BCUT2D eigenvalue weighted by Crippen LogP contribution is -2.37. The van der Waals surface area contributed by atoms with Gasteiger partial charge in [0.2, 0.25) is 0 Å². The van der Waals surface area contributed by atoms with Gasteiger partial charge >= 0.3 is 11.9 Å². The standard InChI is InChI=1S/C21H31F2NO4/c1-3-4-10-16(2)18(25)12-9-11-17-15-21(22,23)20(28)24(17)14-8-6-5-7-13-19(26)27/h9,12,16-18,25H,5-8,10-11,13-15H2,1-2H3,(H,26,27)/b12-9+/t16-,17?,18+/m0/s1. The molecule has 0 radical (unpaired) electrons. The summed E-state index contributed by atoms with van der Waals surface area (Å²) >= 11 is 0. The number of nitrogens with zero attached hydrogens (tertiary/aromatic N) is 1. The van der Waals surface area contributed by atoms with Gasteiger partial charge in [-0.15, -0.1) is 11.8 Å². The average molecular weight is 399 g/mol. The molecule has 0 saturated carbocycles. The molecule has 0 aliphatic carbocycles. The maximum atomic E-state index is 13.9. The van der Waals surface area contributed by atoms with E-state index >= 15 is 0 Å². The topological polar surface area (TPSA) is 77.8 Å². The van der Waals surface area contributed by atoms with E-state index in [1.165, 1.54) is 4.90 Å². The molecule has 0 aromatic rings. The quantitative estimate of drug-likeness (QED) is 0.299. The van der Waals surface area contributed by atoms with E-state index in [0.717, 1.165) is 0 Å². The molecule has 1 aliphatic rings. The first kappa shape index (κ1) is 24.1. The van der Waals surface area contributed by atoms with Crippen LogP contribution in [0.25, 0.3) is 0 Å². The number of carbonyl (C=O) groups excluding carboxylic acids is 1.